The van der Waals surface area contributed by atoms with Crippen LogP contribution in [0.1, 0.15) is 18.2 Å². The number of aryl methyl sites for hydroxylation is 2. The van der Waals surface area contributed by atoms with Gasteiger partial charge in [-0.1, -0.05) is 18.7 Å². The number of hydrogen-bond donors (Lipinski definition) is 0. The number of imidazole rings is 1. The van der Waals surface area contributed by atoms with Crippen LogP contribution in [0, 0.1) is 6.92 Å². The number of rotatable bonds is 3. The number of thioether (sulfide) groups is 1. The first-order valence-electron chi connectivity index (χ1n) is 6.06. The van der Waals surface area contributed by atoms with Gasteiger partial charge in [0.1, 0.15) is 0 Å². The first kappa shape index (κ1) is 12.6. The summed E-state index contributed by atoms with van der Waals surface area (Å²) in [5.41, 5.74) is 4.26. The summed E-state index contributed by atoms with van der Waals surface area (Å²) in [4.78, 5) is 13.3. The molecule has 6 heteroatoms. The van der Waals surface area contributed by atoms with Crippen LogP contribution in [0.3, 0.4) is 0 Å². The van der Waals surface area contributed by atoms with Crippen LogP contribution in [-0.4, -0.2) is 25.8 Å². The Morgan fingerprint density at radius 3 is 2.84 bits per heavy atom. The van der Waals surface area contributed by atoms with Crippen molar-refractivity contribution in [2.75, 3.05) is 6.26 Å². The zero-order chi connectivity index (χ0) is 13.4. The van der Waals surface area contributed by atoms with Crippen molar-refractivity contribution in [3.8, 4) is 5.69 Å². The lowest BCUT2D eigenvalue weighted by Crippen LogP contribution is -1.98. The Kier molecular flexibility index (Phi) is 3.28. The summed E-state index contributed by atoms with van der Waals surface area (Å²) in [6.45, 7) is 4.16. The zero-order valence-electron chi connectivity index (χ0n) is 11.0. The van der Waals surface area contributed by atoms with Gasteiger partial charge >= 0.3 is 0 Å². The van der Waals surface area contributed by atoms with E-state index in [-0.39, 0.29) is 0 Å². The quantitative estimate of drug-likeness (QED) is 0.693. The SMILES string of the molecule is CCc1c(-n2cnc(C)c2)cnc2nc(SC)sc12. The molecule has 0 amide bonds. The normalized spacial score (nSPS) is 11.3. The molecule has 98 valence electrons. The van der Waals surface area contributed by atoms with E-state index in [4.69, 9.17) is 0 Å². The van der Waals surface area contributed by atoms with Crippen molar-refractivity contribution < 1.29 is 0 Å². The molecule has 0 bridgehead atoms. The molecule has 0 aromatic carbocycles. The van der Waals surface area contributed by atoms with Gasteiger partial charge in [0, 0.05) is 6.20 Å². The summed E-state index contributed by atoms with van der Waals surface area (Å²) in [6.07, 6.45) is 8.77. The molecule has 3 aromatic heterocycles. The monoisotopic (exact) mass is 290 g/mol. The van der Waals surface area contributed by atoms with Crippen LogP contribution in [0.25, 0.3) is 16.0 Å². The van der Waals surface area contributed by atoms with Gasteiger partial charge < -0.3 is 4.57 Å². The predicted molar refractivity (Wildman–Crippen MR) is 80.4 cm³/mol. The molecule has 0 aliphatic heterocycles. The van der Waals surface area contributed by atoms with Gasteiger partial charge in [-0.2, -0.15) is 0 Å². The Hall–Kier alpha value is -1.40. The summed E-state index contributed by atoms with van der Waals surface area (Å²) < 4.78 is 4.30. The lowest BCUT2D eigenvalue weighted by molar-refractivity contribution is 0.999. The zero-order valence-corrected chi connectivity index (χ0v) is 12.7. The topological polar surface area (TPSA) is 43.6 Å². The fourth-order valence-corrected chi connectivity index (χ4v) is 3.73. The largest absolute Gasteiger partial charge is 0.304 e. The van der Waals surface area contributed by atoms with Gasteiger partial charge in [-0.15, -0.1) is 11.3 Å². The smallest absolute Gasteiger partial charge is 0.172 e. The van der Waals surface area contributed by atoms with Crippen molar-refractivity contribution in [2.24, 2.45) is 0 Å². The minimum absolute atomic E-state index is 0.854. The number of fused-ring (bicyclic) bond motifs is 1. The van der Waals surface area contributed by atoms with E-state index in [1.165, 1.54) is 10.3 Å². The Labute approximate surface area is 119 Å². The number of pyridine rings is 1. The van der Waals surface area contributed by atoms with Crippen LogP contribution < -0.4 is 0 Å². The third-order valence-corrected chi connectivity index (χ3v) is 5.09. The lowest BCUT2D eigenvalue weighted by atomic mass is 10.1. The van der Waals surface area contributed by atoms with Crippen molar-refractivity contribution >= 4 is 33.4 Å². The number of nitrogens with zero attached hydrogens (tertiary/aromatic N) is 4. The maximum atomic E-state index is 4.53. The van der Waals surface area contributed by atoms with E-state index in [2.05, 4.69) is 21.9 Å². The van der Waals surface area contributed by atoms with Crippen molar-refractivity contribution in [3.63, 3.8) is 0 Å². The molecule has 0 aliphatic rings. The summed E-state index contributed by atoms with van der Waals surface area (Å²) in [5, 5.41) is 0. The van der Waals surface area contributed by atoms with Crippen LogP contribution in [-0.2, 0) is 6.42 Å². The average molecular weight is 290 g/mol. The molecule has 4 nitrogen and oxygen atoms in total. The summed E-state index contributed by atoms with van der Waals surface area (Å²) in [5.74, 6) is 0. The van der Waals surface area contributed by atoms with Gasteiger partial charge in [0.15, 0.2) is 9.99 Å². The van der Waals surface area contributed by atoms with Crippen LogP contribution in [0.5, 0.6) is 0 Å². The number of thiazole rings is 1. The molecular weight excluding hydrogens is 276 g/mol. The Balaban J connectivity index is 2.25. The van der Waals surface area contributed by atoms with Crippen molar-refractivity contribution in [1.82, 2.24) is 19.5 Å². The molecule has 0 saturated carbocycles. The molecular formula is C13H14N4S2. The highest BCUT2D eigenvalue weighted by Gasteiger charge is 2.13. The number of hydrogen-bond acceptors (Lipinski definition) is 5. The van der Waals surface area contributed by atoms with Crippen LogP contribution >= 0.6 is 23.1 Å². The highest BCUT2D eigenvalue weighted by atomic mass is 32.2. The van der Waals surface area contributed by atoms with E-state index in [9.17, 15) is 0 Å². The maximum Gasteiger partial charge on any atom is 0.172 e. The Bertz CT molecular complexity index is 729. The van der Waals surface area contributed by atoms with E-state index in [0.717, 1.165) is 27.8 Å². The van der Waals surface area contributed by atoms with Crippen LogP contribution in [0.15, 0.2) is 23.1 Å². The predicted octanol–water partition coefficient (Wildman–Crippen LogP) is 3.47. The van der Waals surface area contributed by atoms with E-state index < -0.39 is 0 Å². The first-order chi connectivity index (χ1) is 9.22. The molecule has 0 N–H and O–H groups in total. The molecule has 0 fully saturated rings. The molecule has 3 heterocycles. The van der Waals surface area contributed by atoms with E-state index in [1.54, 1.807) is 23.1 Å². The first-order valence-corrected chi connectivity index (χ1v) is 8.10. The van der Waals surface area contributed by atoms with E-state index in [1.807, 2.05) is 36.5 Å². The highest BCUT2D eigenvalue weighted by molar-refractivity contribution is 8.00. The molecule has 3 rings (SSSR count). The average Bonchev–Trinajstić information content (AvgIpc) is 3.02. The van der Waals surface area contributed by atoms with E-state index in [0.29, 0.717) is 0 Å². The fraction of sp³-hybridized carbons (Fsp3) is 0.308. The summed E-state index contributed by atoms with van der Waals surface area (Å²) >= 11 is 3.39. The van der Waals surface area contributed by atoms with Gasteiger partial charge in [-0.25, -0.2) is 15.0 Å². The third kappa shape index (κ3) is 2.15. The minimum atomic E-state index is 0.854. The van der Waals surface area contributed by atoms with Crippen LogP contribution in [0.4, 0.5) is 0 Å². The minimum Gasteiger partial charge on any atom is -0.304 e. The summed E-state index contributed by atoms with van der Waals surface area (Å²) in [7, 11) is 0. The molecule has 0 aliphatic carbocycles. The number of aromatic nitrogens is 4. The fourth-order valence-electron chi connectivity index (χ4n) is 2.10. The van der Waals surface area contributed by atoms with Gasteiger partial charge in [0.25, 0.3) is 0 Å². The third-order valence-electron chi connectivity index (χ3n) is 3.00. The molecule has 19 heavy (non-hydrogen) atoms. The molecule has 0 saturated heterocycles. The Morgan fingerprint density at radius 2 is 2.21 bits per heavy atom. The van der Waals surface area contributed by atoms with Gasteiger partial charge in [0.05, 0.1) is 28.6 Å². The molecule has 3 aromatic rings. The highest BCUT2D eigenvalue weighted by Crippen LogP contribution is 2.32. The maximum absolute atomic E-state index is 4.53. The lowest BCUT2D eigenvalue weighted by Gasteiger charge is -2.08. The second kappa shape index (κ2) is 4.94. The van der Waals surface area contributed by atoms with E-state index >= 15 is 0 Å². The standard InChI is InChI=1S/C13H14N4S2/c1-4-9-10(17-6-8(2)15-7-17)5-14-12-11(9)19-13(16-12)18-3/h5-7H,4H2,1-3H3. The summed E-state index contributed by atoms with van der Waals surface area (Å²) in [6, 6.07) is 0. The van der Waals surface area contributed by atoms with Gasteiger partial charge in [-0.05, 0) is 25.2 Å². The van der Waals surface area contributed by atoms with Gasteiger partial charge in [-0.3, -0.25) is 0 Å². The van der Waals surface area contributed by atoms with Crippen molar-refractivity contribution in [3.05, 3.63) is 30.0 Å². The van der Waals surface area contributed by atoms with Crippen molar-refractivity contribution in [1.29, 1.82) is 0 Å². The van der Waals surface area contributed by atoms with Gasteiger partial charge in [0.2, 0.25) is 0 Å². The van der Waals surface area contributed by atoms with Crippen LogP contribution in [0.2, 0.25) is 0 Å². The second-order valence-electron chi connectivity index (χ2n) is 4.23. The molecule has 0 atom stereocenters. The molecule has 0 radical (unpaired) electrons. The molecule has 0 unspecified atom stereocenters. The molecule has 0 spiro atoms. The second-order valence-corrected chi connectivity index (χ2v) is 6.29. The van der Waals surface area contributed by atoms with Crippen molar-refractivity contribution in [2.45, 2.75) is 24.6 Å². The Morgan fingerprint density at radius 1 is 1.37 bits per heavy atom.